The Labute approximate surface area is 246 Å². The van der Waals surface area contributed by atoms with E-state index in [1.54, 1.807) is 28.4 Å². The number of carboxylic acid groups (broad SMARTS) is 1. The zero-order valence-corrected chi connectivity index (χ0v) is 26.1. The van der Waals surface area contributed by atoms with E-state index < -0.39 is 11.4 Å². The van der Waals surface area contributed by atoms with Gasteiger partial charge in [-0.15, -0.1) is 12.4 Å². The first-order valence-electron chi connectivity index (χ1n) is 14.1. The zero-order valence-electron chi connectivity index (χ0n) is 25.2. The molecule has 1 aliphatic carbocycles. The van der Waals surface area contributed by atoms with Crippen molar-refractivity contribution in [2.75, 3.05) is 48.6 Å². The fourth-order valence-corrected chi connectivity index (χ4v) is 6.48. The summed E-state index contributed by atoms with van der Waals surface area (Å²) in [5.41, 5.74) is 3.10. The van der Waals surface area contributed by atoms with Crippen molar-refractivity contribution in [3.05, 3.63) is 47.0 Å². The van der Waals surface area contributed by atoms with E-state index in [9.17, 15) is 9.90 Å². The van der Waals surface area contributed by atoms with E-state index in [1.807, 2.05) is 18.2 Å². The molecule has 2 aromatic carbocycles. The highest BCUT2D eigenvalue weighted by Gasteiger charge is 2.48. The minimum atomic E-state index is -0.750. The Balaban J connectivity index is 0.00000560. The first kappa shape index (κ1) is 33.6. The van der Waals surface area contributed by atoms with Crippen LogP contribution in [0.4, 0.5) is 0 Å². The Morgan fingerprint density at radius 2 is 1.57 bits per heavy atom. The monoisotopic (exact) mass is 577 g/mol. The van der Waals surface area contributed by atoms with Crippen LogP contribution in [-0.2, 0) is 23.1 Å². The number of benzene rings is 2. The lowest BCUT2D eigenvalue weighted by molar-refractivity contribution is -0.140. The highest BCUT2D eigenvalue weighted by atomic mass is 35.5. The van der Waals surface area contributed by atoms with E-state index >= 15 is 0 Å². The van der Waals surface area contributed by atoms with Gasteiger partial charge in [0.2, 0.25) is 0 Å². The van der Waals surface area contributed by atoms with Crippen LogP contribution < -0.4 is 18.9 Å². The number of carboxylic acids is 1. The minimum absolute atomic E-state index is 0. The van der Waals surface area contributed by atoms with Gasteiger partial charge >= 0.3 is 5.97 Å². The summed E-state index contributed by atoms with van der Waals surface area (Å²) in [6.45, 7) is 6.28. The van der Waals surface area contributed by atoms with Gasteiger partial charge in [-0.1, -0.05) is 19.9 Å². The molecule has 0 fully saturated rings. The number of aryl methyl sites for hydroxylation is 2. The first-order valence-corrected chi connectivity index (χ1v) is 14.1. The molecule has 1 N–H and O–H groups in total. The quantitative estimate of drug-likeness (QED) is 0.245. The number of unbranched alkanes of at least 4 members (excludes halogenated alkanes) is 1. The van der Waals surface area contributed by atoms with Crippen LogP contribution in [0.15, 0.2) is 30.3 Å². The Morgan fingerprint density at radius 3 is 2.17 bits per heavy atom. The van der Waals surface area contributed by atoms with Crippen molar-refractivity contribution in [1.82, 2.24) is 4.90 Å². The fraction of sp³-hybridized carbons (Fsp3) is 0.594. The lowest BCUT2D eigenvalue weighted by atomic mass is 9.55. The van der Waals surface area contributed by atoms with Crippen LogP contribution in [0.3, 0.4) is 0 Å². The third-order valence-corrected chi connectivity index (χ3v) is 8.64. The van der Waals surface area contributed by atoms with Gasteiger partial charge in [0.25, 0.3) is 0 Å². The summed E-state index contributed by atoms with van der Waals surface area (Å²) >= 11 is 0. The van der Waals surface area contributed by atoms with E-state index in [2.05, 4.69) is 37.9 Å². The SMILES string of the molecule is COc1ccc(CCCCN(C)CCC2CCc3cc(OC)c(OC)cc3C2(CC(=O)O)C(C)C)cc1OC.Cl. The van der Waals surface area contributed by atoms with Gasteiger partial charge in [0.05, 0.1) is 34.9 Å². The molecule has 0 saturated carbocycles. The molecule has 8 heteroatoms. The third kappa shape index (κ3) is 7.55. The average molecular weight is 578 g/mol. The second-order valence-electron chi connectivity index (χ2n) is 11.1. The molecule has 40 heavy (non-hydrogen) atoms. The molecule has 0 saturated heterocycles. The van der Waals surface area contributed by atoms with Gasteiger partial charge in [-0.25, -0.2) is 0 Å². The van der Waals surface area contributed by atoms with Gasteiger partial charge in [-0.05, 0) is 111 Å². The van der Waals surface area contributed by atoms with Crippen molar-refractivity contribution in [3.63, 3.8) is 0 Å². The van der Waals surface area contributed by atoms with Gasteiger partial charge in [0.1, 0.15) is 0 Å². The maximum atomic E-state index is 12.2. The largest absolute Gasteiger partial charge is 0.493 e. The summed E-state index contributed by atoms with van der Waals surface area (Å²) < 4.78 is 22.0. The Bertz CT molecular complexity index is 1110. The van der Waals surface area contributed by atoms with Crippen LogP contribution in [0.5, 0.6) is 23.0 Å². The lowest BCUT2D eigenvalue weighted by Crippen LogP contribution is -2.46. The predicted octanol–water partition coefficient (Wildman–Crippen LogP) is 6.42. The van der Waals surface area contributed by atoms with Crippen molar-refractivity contribution >= 4 is 18.4 Å². The Kier molecular flexibility index (Phi) is 12.9. The number of halogens is 1. The van der Waals surface area contributed by atoms with Crippen molar-refractivity contribution in [2.24, 2.45) is 11.8 Å². The molecule has 224 valence electrons. The number of hydrogen-bond donors (Lipinski definition) is 1. The first-order chi connectivity index (χ1) is 18.7. The van der Waals surface area contributed by atoms with Gasteiger partial charge in [-0.2, -0.15) is 0 Å². The smallest absolute Gasteiger partial charge is 0.304 e. The van der Waals surface area contributed by atoms with Crippen LogP contribution in [0.2, 0.25) is 0 Å². The zero-order chi connectivity index (χ0) is 28.6. The number of hydrogen-bond acceptors (Lipinski definition) is 6. The Hall–Kier alpha value is -2.64. The molecule has 0 aromatic heterocycles. The number of methoxy groups -OCH3 is 4. The second-order valence-corrected chi connectivity index (χ2v) is 11.1. The summed E-state index contributed by atoms with van der Waals surface area (Å²) in [6, 6.07) is 10.2. The van der Waals surface area contributed by atoms with Crippen LogP contribution in [0, 0.1) is 11.8 Å². The van der Waals surface area contributed by atoms with Crippen LogP contribution in [0.25, 0.3) is 0 Å². The standard InChI is InChI=1S/C32H47NO6.ClH/c1-22(2)32(21-31(34)35)25(13-12-24-19-29(38-6)30(39-7)20-26(24)32)15-17-33(3)16-9-8-10-23-11-14-27(36-4)28(18-23)37-5;/h11,14,18-20,22,25H,8-10,12-13,15-17,21H2,1-7H3,(H,34,35);1H. The molecule has 0 aliphatic heterocycles. The summed E-state index contributed by atoms with van der Waals surface area (Å²) in [6.07, 6.45) is 6.16. The molecule has 2 unspecified atom stereocenters. The van der Waals surface area contributed by atoms with E-state index in [1.165, 1.54) is 11.1 Å². The number of fused-ring (bicyclic) bond motifs is 1. The van der Waals surface area contributed by atoms with E-state index in [4.69, 9.17) is 18.9 Å². The molecule has 0 spiro atoms. The number of carbonyl (C=O) groups is 1. The third-order valence-electron chi connectivity index (χ3n) is 8.64. The summed E-state index contributed by atoms with van der Waals surface area (Å²) in [7, 11) is 8.78. The Morgan fingerprint density at radius 1 is 0.950 bits per heavy atom. The molecule has 0 amide bonds. The van der Waals surface area contributed by atoms with Crippen molar-refractivity contribution in [3.8, 4) is 23.0 Å². The predicted molar refractivity (Wildman–Crippen MR) is 162 cm³/mol. The van der Waals surface area contributed by atoms with E-state index in [-0.39, 0.29) is 30.7 Å². The highest BCUT2D eigenvalue weighted by Crippen LogP contribution is 2.52. The molecular formula is C32H48ClNO6. The summed E-state index contributed by atoms with van der Waals surface area (Å²) in [4.78, 5) is 14.6. The molecule has 2 aromatic rings. The van der Waals surface area contributed by atoms with Crippen molar-refractivity contribution < 1.29 is 28.8 Å². The number of ether oxygens (including phenoxy) is 4. The lowest BCUT2D eigenvalue weighted by Gasteiger charge is -2.48. The van der Waals surface area contributed by atoms with Gasteiger partial charge in [0, 0.05) is 5.41 Å². The maximum absolute atomic E-state index is 12.2. The second kappa shape index (κ2) is 15.4. The van der Waals surface area contributed by atoms with Crippen LogP contribution in [0.1, 0.15) is 62.6 Å². The summed E-state index contributed by atoms with van der Waals surface area (Å²) in [5.74, 6) is 2.58. The molecule has 3 rings (SSSR count). The molecule has 0 radical (unpaired) electrons. The van der Waals surface area contributed by atoms with Crippen LogP contribution in [-0.4, -0.2) is 64.6 Å². The topological polar surface area (TPSA) is 77.5 Å². The summed E-state index contributed by atoms with van der Waals surface area (Å²) in [5, 5.41) is 10.0. The highest BCUT2D eigenvalue weighted by molar-refractivity contribution is 5.85. The number of rotatable bonds is 15. The van der Waals surface area contributed by atoms with E-state index in [0.29, 0.717) is 11.5 Å². The molecule has 0 bridgehead atoms. The van der Waals surface area contributed by atoms with Gasteiger partial charge < -0.3 is 29.0 Å². The minimum Gasteiger partial charge on any atom is -0.493 e. The van der Waals surface area contributed by atoms with Gasteiger partial charge in [0.15, 0.2) is 23.0 Å². The van der Waals surface area contributed by atoms with Crippen LogP contribution >= 0.6 is 12.4 Å². The van der Waals surface area contributed by atoms with E-state index in [0.717, 1.165) is 68.7 Å². The molecule has 0 heterocycles. The molecule has 1 aliphatic rings. The normalized spacial score (nSPS) is 18.2. The van der Waals surface area contributed by atoms with Crippen molar-refractivity contribution in [2.45, 2.75) is 64.2 Å². The maximum Gasteiger partial charge on any atom is 0.304 e. The van der Waals surface area contributed by atoms with Gasteiger partial charge in [-0.3, -0.25) is 4.79 Å². The molecular weight excluding hydrogens is 530 g/mol. The van der Waals surface area contributed by atoms with Crippen molar-refractivity contribution in [1.29, 1.82) is 0 Å². The average Bonchev–Trinajstić information content (AvgIpc) is 2.93. The molecule has 7 nitrogen and oxygen atoms in total. The fourth-order valence-electron chi connectivity index (χ4n) is 6.48. The number of aliphatic carboxylic acids is 1. The molecule has 2 atom stereocenters. The number of nitrogens with zero attached hydrogens (tertiary/aromatic N) is 1.